The summed E-state index contributed by atoms with van der Waals surface area (Å²) in [6.45, 7) is 0. The number of hydrogen-bond donors (Lipinski definition) is 1. The molecule has 2 amide bonds. The van der Waals surface area contributed by atoms with Crippen molar-refractivity contribution in [2.45, 2.75) is 0 Å². The maximum Gasteiger partial charge on any atom is 0.278 e. The molecule has 2 aromatic heterocycles. The Morgan fingerprint density at radius 1 is 0.757 bits per heavy atom. The van der Waals surface area contributed by atoms with Crippen LogP contribution in [0.3, 0.4) is 0 Å². The van der Waals surface area contributed by atoms with E-state index >= 15 is 0 Å². The zero-order valence-electron chi connectivity index (χ0n) is 19.5. The van der Waals surface area contributed by atoms with Gasteiger partial charge in [0.1, 0.15) is 11.6 Å². The van der Waals surface area contributed by atoms with Crippen LogP contribution in [-0.4, -0.2) is 38.4 Å². The SMILES string of the molecule is CN(C(=O)c1ccn(-c2ccc(F)cc2)n1)c1cccc(NC(=O)c2ccn(-c3ccc(F)cc3)n2)c1. The number of rotatable bonds is 6. The van der Waals surface area contributed by atoms with Gasteiger partial charge in [0, 0.05) is 30.8 Å². The highest BCUT2D eigenvalue weighted by Gasteiger charge is 2.18. The third-order valence-electron chi connectivity index (χ3n) is 5.61. The third kappa shape index (κ3) is 5.13. The smallest absolute Gasteiger partial charge is 0.278 e. The van der Waals surface area contributed by atoms with Crippen molar-refractivity contribution < 1.29 is 18.4 Å². The Labute approximate surface area is 210 Å². The number of halogens is 2. The minimum absolute atomic E-state index is 0.172. The number of nitrogens with zero attached hydrogens (tertiary/aromatic N) is 5. The molecule has 2 heterocycles. The summed E-state index contributed by atoms with van der Waals surface area (Å²) in [5.41, 5.74) is 2.61. The molecule has 0 bridgehead atoms. The summed E-state index contributed by atoms with van der Waals surface area (Å²) in [5.74, 6) is -1.52. The number of benzene rings is 3. The van der Waals surface area contributed by atoms with Crippen molar-refractivity contribution >= 4 is 23.2 Å². The fourth-order valence-electron chi connectivity index (χ4n) is 3.63. The van der Waals surface area contributed by atoms with E-state index in [2.05, 4.69) is 15.5 Å². The van der Waals surface area contributed by atoms with Crippen LogP contribution in [0.5, 0.6) is 0 Å². The van der Waals surface area contributed by atoms with Gasteiger partial charge in [0.25, 0.3) is 11.8 Å². The summed E-state index contributed by atoms with van der Waals surface area (Å²) in [7, 11) is 1.60. The van der Waals surface area contributed by atoms with Gasteiger partial charge in [0.15, 0.2) is 11.4 Å². The van der Waals surface area contributed by atoms with Gasteiger partial charge in [-0.05, 0) is 78.9 Å². The summed E-state index contributed by atoms with van der Waals surface area (Å²) in [6, 6.07) is 21.4. The van der Waals surface area contributed by atoms with Gasteiger partial charge in [-0.25, -0.2) is 18.1 Å². The predicted octanol–water partition coefficient (Wildman–Crippen LogP) is 4.87. The lowest BCUT2D eigenvalue weighted by molar-refractivity contribution is 0.0986. The highest BCUT2D eigenvalue weighted by molar-refractivity contribution is 6.06. The first kappa shape index (κ1) is 23.6. The molecule has 5 rings (SSSR count). The molecular weight excluding hydrogens is 478 g/mol. The van der Waals surface area contributed by atoms with E-state index in [1.54, 1.807) is 80.1 Å². The lowest BCUT2D eigenvalue weighted by Crippen LogP contribution is -2.27. The minimum Gasteiger partial charge on any atom is -0.321 e. The molecule has 5 aromatic rings. The average molecular weight is 498 g/mol. The highest BCUT2D eigenvalue weighted by atomic mass is 19.1. The molecular formula is C27H20F2N6O2. The van der Waals surface area contributed by atoms with E-state index in [0.29, 0.717) is 22.7 Å². The Hall–Kier alpha value is -5.12. The molecule has 3 aromatic carbocycles. The second-order valence-electron chi connectivity index (χ2n) is 8.11. The van der Waals surface area contributed by atoms with Gasteiger partial charge in [-0.15, -0.1) is 0 Å². The van der Waals surface area contributed by atoms with Crippen LogP contribution in [0, 0.1) is 11.6 Å². The number of nitrogens with one attached hydrogen (secondary N) is 1. The predicted molar refractivity (Wildman–Crippen MR) is 134 cm³/mol. The van der Waals surface area contributed by atoms with E-state index in [0.717, 1.165) is 0 Å². The highest BCUT2D eigenvalue weighted by Crippen LogP contribution is 2.21. The second-order valence-corrected chi connectivity index (χ2v) is 8.11. The fraction of sp³-hybridized carbons (Fsp3) is 0.0370. The zero-order valence-corrected chi connectivity index (χ0v) is 19.5. The van der Waals surface area contributed by atoms with Gasteiger partial charge >= 0.3 is 0 Å². The molecule has 0 aliphatic heterocycles. The molecule has 37 heavy (non-hydrogen) atoms. The topological polar surface area (TPSA) is 85.0 Å². The van der Waals surface area contributed by atoms with Crippen molar-refractivity contribution in [3.05, 3.63) is 120 Å². The molecule has 0 aliphatic rings. The number of carbonyl (C=O) groups excluding carboxylic acids is 2. The van der Waals surface area contributed by atoms with Crippen LogP contribution in [0.1, 0.15) is 21.0 Å². The van der Waals surface area contributed by atoms with Gasteiger partial charge in [-0.2, -0.15) is 10.2 Å². The zero-order chi connectivity index (χ0) is 25.9. The molecule has 0 spiro atoms. The van der Waals surface area contributed by atoms with Gasteiger partial charge in [0.05, 0.1) is 11.4 Å². The Balaban J connectivity index is 1.28. The third-order valence-corrected chi connectivity index (χ3v) is 5.61. The summed E-state index contributed by atoms with van der Waals surface area (Å²) >= 11 is 0. The molecule has 10 heteroatoms. The number of anilines is 2. The van der Waals surface area contributed by atoms with E-state index in [9.17, 15) is 18.4 Å². The normalized spacial score (nSPS) is 10.8. The van der Waals surface area contributed by atoms with E-state index in [4.69, 9.17) is 0 Å². The molecule has 0 aliphatic carbocycles. The monoisotopic (exact) mass is 498 g/mol. The van der Waals surface area contributed by atoms with Crippen LogP contribution >= 0.6 is 0 Å². The van der Waals surface area contributed by atoms with E-state index < -0.39 is 5.91 Å². The fourth-order valence-corrected chi connectivity index (χ4v) is 3.63. The number of aromatic nitrogens is 4. The van der Waals surface area contributed by atoms with Crippen molar-refractivity contribution in [1.82, 2.24) is 19.6 Å². The first-order valence-corrected chi connectivity index (χ1v) is 11.2. The molecule has 8 nitrogen and oxygen atoms in total. The Morgan fingerprint density at radius 3 is 1.89 bits per heavy atom. The van der Waals surface area contributed by atoms with Crippen LogP contribution < -0.4 is 10.2 Å². The minimum atomic E-state index is -0.440. The Morgan fingerprint density at radius 2 is 1.30 bits per heavy atom. The average Bonchev–Trinajstić information content (AvgIpc) is 3.60. The lowest BCUT2D eigenvalue weighted by atomic mass is 10.2. The number of hydrogen-bond acceptors (Lipinski definition) is 4. The molecule has 0 fully saturated rings. The van der Waals surface area contributed by atoms with Crippen LogP contribution in [0.4, 0.5) is 20.2 Å². The summed E-state index contributed by atoms with van der Waals surface area (Å²) in [6.07, 6.45) is 3.23. The van der Waals surface area contributed by atoms with Gasteiger partial charge in [-0.3, -0.25) is 9.59 Å². The van der Waals surface area contributed by atoms with Crippen LogP contribution in [0.15, 0.2) is 97.3 Å². The van der Waals surface area contributed by atoms with Crippen molar-refractivity contribution in [2.75, 3.05) is 17.3 Å². The second kappa shape index (κ2) is 9.86. The maximum absolute atomic E-state index is 13.2. The maximum atomic E-state index is 13.2. The molecule has 184 valence electrons. The lowest BCUT2D eigenvalue weighted by Gasteiger charge is -2.17. The van der Waals surface area contributed by atoms with Crippen molar-refractivity contribution in [2.24, 2.45) is 0 Å². The van der Waals surface area contributed by atoms with Crippen LogP contribution in [-0.2, 0) is 0 Å². The van der Waals surface area contributed by atoms with E-state index in [1.165, 1.54) is 38.5 Å². The number of carbonyl (C=O) groups is 2. The summed E-state index contributed by atoms with van der Waals surface area (Å²) in [5, 5.41) is 11.3. The Kier molecular flexibility index (Phi) is 6.29. The van der Waals surface area contributed by atoms with Crippen molar-refractivity contribution in [3.63, 3.8) is 0 Å². The molecule has 0 radical (unpaired) electrons. The summed E-state index contributed by atoms with van der Waals surface area (Å²) in [4.78, 5) is 27.2. The van der Waals surface area contributed by atoms with Crippen molar-refractivity contribution in [1.29, 1.82) is 0 Å². The van der Waals surface area contributed by atoms with Gasteiger partial charge < -0.3 is 10.2 Å². The quantitative estimate of drug-likeness (QED) is 0.362. The summed E-state index contributed by atoms with van der Waals surface area (Å²) < 4.78 is 29.3. The standard InChI is InChI=1S/C27H20F2N6O2/c1-33(27(37)25-14-16-35(32-25)22-11-7-19(29)8-12-22)23-4-2-3-20(17-23)30-26(36)24-13-15-34(31-24)21-9-5-18(28)6-10-21/h2-17H,1H3,(H,30,36). The van der Waals surface area contributed by atoms with Crippen LogP contribution in [0.2, 0.25) is 0 Å². The van der Waals surface area contributed by atoms with Crippen LogP contribution in [0.25, 0.3) is 11.4 Å². The molecule has 0 saturated heterocycles. The van der Waals surface area contributed by atoms with Gasteiger partial charge in [-0.1, -0.05) is 6.07 Å². The number of amides is 2. The molecule has 0 atom stereocenters. The largest absolute Gasteiger partial charge is 0.321 e. The molecule has 1 N–H and O–H groups in total. The van der Waals surface area contributed by atoms with Gasteiger partial charge in [0.2, 0.25) is 0 Å². The molecule has 0 unspecified atom stereocenters. The van der Waals surface area contributed by atoms with Crippen molar-refractivity contribution in [3.8, 4) is 11.4 Å². The molecule has 0 saturated carbocycles. The van der Waals surface area contributed by atoms with E-state index in [-0.39, 0.29) is 28.9 Å². The first-order chi connectivity index (χ1) is 17.9. The Bertz CT molecular complexity index is 1580. The first-order valence-electron chi connectivity index (χ1n) is 11.2. The van der Waals surface area contributed by atoms with E-state index in [1.807, 2.05) is 0 Å².